The Bertz CT molecular complexity index is 1460. The standard InChI is InChI=1S/C28H32ClN9O4/c1-42-28(41)34-19-9-10-20-22(14-19)36-25(39)6-4-2-3-5-21(27-32-15-23(20)37-27)35-26(40)12-7-17-13-18(29)8-11-24(17)38(31)16-33-30/h2-3,7-16,21,27,32,37H,4-6,30-31H2,1H3,(H,34,41)(H,35,40)(H,36,39)/b3-2+,12-7+,33-16-/t21-,27?/m0/s1. The lowest BCUT2D eigenvalue weighted by Gasteiger charge is -2.25. The number of halogens is 1. The second-order valence-electron chi connectivity index (χ2n) is 9.34. The maximum absolute atomic E-state index is 13.1. The van der Waals surface area contributed by atoms with E-state index in [-0.39, 0.29) is 30.4 Å². The number of allylic oxidation sites excluding steroid dienone is 1. The molecule has 2 atom stereocenters. The number of benzene rings is 2. The lowest BCUT2D eigenvalue weighted by atomic mass is 10.1. The third-order valence-corrected chi connectivity index (χ3v) is 6.67. The van der Waals surface area contributed by atoms with Crippen molar-refractivity contribution in [3.05, 3.63) is 77.0 Å². The summed E-state index contributed by atoms with van der Waals surface area (Å²) in [5.41, 5.74) is 3.50. The van der Waals surface area contributed by atoms with Crippen LogP contribution in [0.4, 0.5) is 21.9 Å². The topological polar surface area (TPSA) is 188 Å². The van der Waals surface area contributed by atoms with Crippen molar-refractivity contribution in [2.45, 2.75) is 31.5 Å². The highest BCUT2D eigenvalue weighted by molar-refractivity contribution is 6.30. The zero-order chi connectivity index (χ0) is 30.1. The molecule has 2 aliphatic heterocycles. The molecule has 220 valence electrons. The van der Waals surface area contributed by atoms with Crippen LogP contribution in [0.2, 0.25) is 5.02 Å². The summed E-state index contributed by atoms with van der Waals surface area (Å²) >= 11 is 6.16. The molecule has 9 N–H and O–H groups in total. The van der Waals surface area contributed by atoms with Gasteiger partial charge in [-0.1, -0.05) is 23.8 Å². The fraction of sp³-hybridized carbons (Fsp3) is 0.214. The number of nitrogens with zero attached hydrogens (tertiary/aromatic N) is 2. The third-order valence-electron chi connectivity index (χ3n) is 6.43. The van der Waals surface area contributed by atoms with E-state index in [9.17, 15) is 14.4 Å². The van der Waals surface area contributed by atoms with Crippen LogP contribution in [0.3, 0.4) is 0 Å². The van der Waals surface area contributed by atoms with Gasteiger partial charge in [0.15, 0.2) is 0 Å². The average molecular weight is 594 g/mol. The van der Waals surface area contributed by atoms with Crippen LogP contribution in [0.5, 0.6) is 0 Å². The molecule has 13 nitrogen and oxygen atoms in total. The number of hydrogen-bond acceptors (Lipinski definition) is 9. The number of anilines is 3. The van der Waals surface area contributed by atoms with E-state index in [4.69, 9.17) is 23.3 Å². The number of nitrogens with one attached hydrogen (secondary N) is 5. The molecule has 0 fully saturated rings. The number of rotatable bonds is 6. The number of ether oxygens (including phenoxy) is 1. The molecule has 0 saturated heterocycles. The van der Waals surface area contributed by atoms with Gasteiger partial charge in [-0.25, -0.2) is 10.6 Å². The number of carbonyl (C=O) groups excluding carboxylic acids is 3. The smallest absolute Gasteiger partial charge is 0.411 e. The van der Waals surface area contributed by atoms with Crippen LogP contribution in [0.25, 0.3) is 11.8 Å². The van der Waals surface area contributed by atoms with Crippen LogP contribution in [-0.4, -0.2) is 43.6 Å². The number of fused-ring (bicyclic) bond motifs is 4. The molecule has 3 amide bonds. The summed E-state index contributed by atoms with van der Waals surface area (Å²) in [4.78, 5) is 37.4. The number of carbonyl (C=O) groups is 3. The molecule has 2 aromatic carbocycles. The molecule has 0 radical (unpaired) electrons. The first kappa shape index (κ1) is 30.0. The summed E-state index contributed by atoms with van der Waals surface area (Å²) < 4.78 is 4.67. The van der Waals surface area contributed by atoms with Gasteiger partial charge in [0.05, 0.1) is 30.2 Å². The molecule has 0 aliphatic carbocycles. The van der Waals surface area contributed by atoms with Crippen molar-refractivity contribution in [1.82, 2.24) is 16.0 Å². The molecule has 2 aromatic rings. The Morgan fingerprint density at radius 2 is 2.05 bits per heavy atom. The van der Waals surface area contributed by atoms with Gasteiger partial charge in [-0.05, 0) is 55.3 Å². The fourth-order valence-corrected chi connectivity index (χ4v) is 4.60. The Hall–Kier alpha value is -5.01. The zero-order valence-corrected chi connectivity index (χ0v) is 23.5. The highest BCUT2D eigenvalue weighted by atomic mass is 35.5. The molecule has 14 heteroatoms. The van der Waals surface area contributed by atoms with E-state index in [2.05, 4.69) is 36.4 Å². The first-order chi connectivity index (χ1) is 20.3. The van der Waals surface area contributed by atoms with Crippen LogP contribution in [-0.2, 0) is 14.3 Å². The quantitative estimate of drug-likeness (QED) is 0.0659. The molecular formula is C28H32ClN9O4. The minimum absolute atomic E-state index is 0.178. The SMILES string of the molecule is COC(=O)Nc1ccc2c(c1)NC(=O)CC/C=C/C[C@H](NC(=O)/C=C/c1cc(Cl)ccc1N(N)/C=N\N)C1NC=C2N1. The van der Waals surface area contributed by atoms with E-state index in [1.165, 1.54) is 24.5 Å². The lowest BCUT2D eigenvalue weighted by Crippen LogP contribution is -2.52. The van der Waals surface area contributed by atoms with Crippen molar-refractivity contribution in [3.8, 4) is 0 Å². The third kappa shape index (κ3) is 7.80. The molecule has 2 bridgehead atoms. The molecule has 0 aromatic heterocycles. The highest BCUT2D eigenvalue weighted by Crippen LogP contribution is 2.29. The summed E-state index contributed by atoms with van der Waals surface area (Å²) in [5, 5.41) is 20.4. The average Bonchev–Trinajstić information content (AvgIpc) is 3.45. The van der Waals surface area contributed by atoms with Crippen LogP contribution >= 0.6 is 11.6 Å². The van der Waals surface area contributed by atoms with Crippen LogP contribution < -0.4 is 43.3 Å². The maximum atomic E-state index is 13.1. The van der Waals surface area contributed by atoms with Crippen LogP contribution in [0.1, 0.15) is 30.4 Å². The second-order valence-corrected chi connectivity index (χ2v) is 9.78. The van der Waals surface area contributed by atoms with E-state index >= 15 is 0 Å². The van der Waals surface area contributed by atoms with Crippen molar-refractivity contribution in [2.24, 2.45) is 16.8 Å². The molecule has 42 heavy (non-hydrogen) atoms. The summed E-state index contributed by atoms with van der Waals surface area (Å²) in [7, 11) is 1.27. The Morgan fingerprint density at radius 3 is 2.83 bits per heavy atom. The number of hydrazone groups is 1. The van der Waals surface area contributed by atoms with Crippen molar-refractivity contribution < 1.29 is 19.1 Å². The fourth-order valence-electron chi connectivity index (χ4n) is 4.42. The maximum Gasteiger partial charge on any atom is 0.411 e. The number of hydrazine groups is 1. The summed E-state index contributed by atoms with van der Waals surface area (Å²) in [6, 6.07) is 9.79. The minimum atomic E-state index is -0.625. The normalized spacial score (nSPS) is 19.1. The molecule has 0 saturated carbocycles. The van der Waals surface area contributed by atoms with Crippen LogP contribution in [0, 0.1) is 0 Å². The van der Waals surface area contributed by atoms with Crippen molar-refractivity contribution in [2.75, 3.05) is 22.8 Å². The van der Waals surface area contributed by atoms with Gasteiger partial charge < -0.3 is 31.8 Å². The predicted octanol–water partition coefficient (Wildman–Crippen LogP) is 2.79. The van der Waals surface area contributed by atoms with E-state index in [0.717, 1.165) is 0 Å². The molecule has 4 rings (SSSR count). The van der Waals surface area contributed by atoms with E-state index < -0.39 is 6.09 Å². The van der Waals surface area contributed by atoms with E-state index in [0.29, 0.717) is 51.8 Å². The van der Waals surface area contributed by atoms with Gasteiger partial charge >= 0.3 is 6.09 Å². The monoisotopic (exact) mass is 593 g/mol. The predicted molar refractivity (Wildman–Crippen MR) is 164 cm³/mol. The van der Waals surface area contributed by atoms with E-state index in [1.807, 2.05) is 12.2 Å². The van der Waals surface area contributed by atoms with Gasteiger partial charge in [-0.2, -0.15) is 5.10 Å². The molecule has 0 spiro atoms. The molecular weight excluding hydrogens is 562 g/mol. The number of nitrogens with two attached hydrogens (primary N) is 2. The summed E-state index contributed by atoms with van der Waals surface area (Å²) in [6.07, 6.45) is 10.1. The van der Waals surface area contributed by atoms with Crippen molar-refractivity contribution >= 4 is 64.7 Å². The number of hydrogen-bond donors (Lipinski definition) is 7. The molecule has 2 aliphatic rings. The lowest BCUT2D eigenvalue weighted by molar-refractivity contribution is -0.117. The zero-order valence-electron chi connectivity index (χ0n) is 22.8. The van der Waals surface area contributed by atoms with Gasteiger partial charge in [0, 0.05) is 40.5 Å². The van der Waals surface area contributed by atoms with Gasteiger partial charge in [-0.15, -0.1) is 0 Å². The molecule has 2 heterocycles. The molecule has 1 unspecified atom stereocenters. The van der Waals surface area contributed by atoms with Gasteiger partial charge in [0.1, 0.15) is 12.5 Å². The van der Waals surface area contributed by atoms with Gasteiger partial charge in [0.2, 0.25) is 11.8 Å². The Labute approximate surface area is 247 Å². The first-order valence-electron chi connectivity index (χ1n) is 13.0. The Kier molecular flexibility index (Phi) is 10.0. The van der Waals surface area contributed by atoms with Crippen molar-refractivity contribution in [3.63, 3.8) is 0 Å². The Morgan fingerprint density at radius 1 is 1.21 bits per heavy atom. The van der Waals surface area contributed by atoms with Crippen LogP contribution in [0.15, 0.2) is 65.9 Å². The number of amides is 3. The Balaban J connectivity index is 1.54. The highest BCUT2D eigenvalue weighted by Gasteiger charge is 2.27. The minimum Gasteiger partial charge on any atom is -0.453 e. The van der Waals surface area contributed by atoms with Gasteiger partial charge in [0.25, 0.3) is 0 Å². The summed E-state index contributed by atoms with van der Waals surface area (Å²) in [6.45, 7) is 0. The number of methoxy groups -OCH3 is 1. The largest absolute Gasteiger partial charge is 0.453 e. The van der Waals surface area contributed by atoms with Crippen molar-refractivity contribution in [1.29, 1.82) is 0 Å². The second kappa shape index (κ2) is 14.1. The first-order valence-corrected chi connectivity index (χ1v) is 13.4. The van der Waals surface area contributed by atoms with Gasteiger partial charge in [-0.3, -0.25) is 19.9 Å². The summed E-state index contributed by atoms with van der Waals surface area (Å²) in [5.74, 6) is 10.7. The van der Waals surface area contributed by atoms with E-state index in [1.54, 1.807) is 48.7 Å².